The highest BCUT2D eigenvalue weighted by Gasteiger charge is 2.39. The van der Waals surface area contributed by atoms with Crippen molar-refractivity contribution >= 4 is 52.2 Å². The van der Waals surface area contributed by atoms with Gasteiger partial charge in [-0.15, -0.1) is 0 Å². The number of ketones is 1. The standard InChI is InChI=1S/C21H16Cl3NO2/c22-13-4-1-3-12(9-13)15-11-20(27)25(14-7-8-16(23)17(24)10-14)18-5-2-6-19(26)21(15)18/h1,3-4,7-10,15H,2,5-6,11H2. The molecule has 0 saturated heterocycles. The molecular formula is C21H16Cl3NO2. The van der Waals surface area contributed by atoms with Crippen molar-refractivity contribution in [2.45, 2.75) is 31.6 Å². The molecule has 1 aliphatic carbocycles. The van der Waals surface area contributed by atoms with Crippen molar-refractivity contribution in [3.05, 3.63) is 74.4 Å². The van der Waals surface area contributed by atoms with Crippen molar-refractivity contribution in [2.75, 3.05) is 4.90 Å². The van der Waals surface area contributed by atoms with Crippen LogP contribution in [0.2, 0.25) is 15.1 Å². The summed E-state index contributed by atoms with van der Waals surface area (Å²) in [4.78, 5) is 27.6. The van der Waals surface area contributed by atoms with Gasteiger partial charge in [-0.05, 0) is 48.7 Å². The third-order valence-corrected chi connectivity index (χ3v) is 6.06. The van der Waals surface area contributed by atoms with Gasteiger partial charge >= 0.3 is 0 Å². The van der Waals surface area contributed by atoms with Crippen LogP contribution < -0.4 is 4.90 Å². The highest BCUT2D eigenvalue weighted by Crippen LogP contribution is 2.44. The summed E-state index contributed by atoms with van der Waals surface area (Å²) in [6.07, 6.45) is 2.11. The average Bonchev–Trinajstić information content (AvgIpc) is 2.64. The lowest BCUT2D eigenvalue weighted by Crippen LogP contribution is -2.40. The van der Waals surface area contributed by atoms with Gasteiger partial charge in [-0.3, -0.25) is 14.5 Å². The van der Waals surface area contributed by atoms with Crippen molar-refractivity contribution in [3.63, 3.8) is 0 Å². The predicted molar refractivity (Wildman–Crippen MR) is 109 cm³/mol. The maximum Gasteiger partial charge on any atom is 0.232 e. The molecule has 138 valence electrons. The Kier molecular flexibility index (Phi) is 5.02. The summed E-state index contributed by atoms with van der Waals surface area (Å²) in [6.45, 7) is 0. The predicted octanol–water partition coefficient (Wildman–Crippen LogP) is 6.17. The zero-order valence-electron chi connectivity index (χ0n) is 14.3. The van der Waals surface area contributed by atoms with E-state index in [1.54, 1.807) is 29.2 Å². The average molecular weight is 421 g/mol. The van der Waals surface area contributed by atoms with Gasteiger partial charge in [0.2, 0.25) is 5.91 Å². The smallest absolute Gasteiger partial charge is 0.232 e. The Bertz CT molecular complexity index is 983. The number of amides is 1. The molecule has 0 radical (unpaired) electrons. The van der Waals surface area contributed by atoms with Gasteiger partial charge in [-0.25, -0.2) is 0 Å². The van der Waals surface area contributed by atoms with E-state index in [9.17, 15) is 9.59 Å². The van der Waals surface area contributed by atoms with Crippen molar-refractivity contribution in [3.8, 4) is 0 Å². The zero-order valence-corrected chi connectivity index (χ0v) is 16.6. The number of Topliss-reactive ketones (excluding diaryl/α,β-unsaturated/α-hetero) is 1. The third kappa shape index (κ3) is 3.40. The number of carbonyl (C=O) groups is 2. The minimum Gasteiger partial charge on any atom is -0.294 e. The Balaban J connectivity index is 1.87. The van der Waals surface area contributed by atoms with Gasteiger partial charge in [0.15, 0.2) is 5.78 Å². The number of benzene rings is 2. The first-order chi connectivity index (χ1) is 13.0. The van der Waals surface area contributed by atoms with Gasteiger partial charge in [-0.1, -0.05) is 46.9 Å². The largest absolute Gasteiger partial charge is 0.294 e. The zero-order chi connectivity index (χ0) is 19.1. The van der Waals surface area contributed by atoms with Crippen LogP contribution in [0.4, 0.5) is 5.69 Å². The van der Waals surface area contributed by atoms with Crippen molar-refractivity contribution in [2.24, 2.45) is 0 Å². The molecule has 1 heterocycles. The Morgan fingerprint density at radius 3 is 2.48 bits per heavy atom. The van der Waals surface area contributed by atoms with Crippen LogP contribution in [0.25, 0.3) is 0 Å². The number of allylic oxidation sites excluding steroid dienone is 2. The summed E-state index contributed by atoms with van der Waals surface area (Å²) in [6, 6.07) is 12.5. The fourth-order valence-corrected chi connectivity index (χ4v) is 4.42. The fourth-order valence-electron chi connectivity index (χ4n) is 3.92. The molecule has 0 N–H and O–H groups in total. The molecule has 2 aromatic rings. The number of rotatable bonds is 2. The van der Waals surface area contributed by atoms with Crippen LogP contribution in [0.5, 0.6) is 0 Å². The van der Waals surface area contributed by atoms with E-state index >= 15 is 0 Å². The molecule has 0 spiro atoms. The molecule has 4 rings (SSSR count). The van der Waals surface area contributed by atoms with Crippen LogP contribution in [0.1, 0.15) is 37.2 Å². The van der Waals surface area contributed by atoms with Crippen molar-refractivity contribution in [1.29, 1.82) is 0 Å². The van der Waals surface area contributed by atoms with E-state index in [0.717, 1.165) is 17.7 Å². The fraction of sp³-hybridized carbons (Fsp3) is 0.238. The Morgan fingerprint density at radius 2 is 1.74 bits per heavy atom. The van der Waals surface area contributed by atoms with Crippen LogP contribution in [0.3, 0.4) is 0 Å². The van der Waals surface area contributed by atoms with E-state index < -0.39 is 0 Å². The second kappa shape index (κ2) is 7.31. The molecule has 0 bridgehead atoms. The highest BCUT2D eigenvalue weighted by molar-refractivity contribution is 6.42. The van der Waals surface area contributed by atoms with E-state index in [2.05, 4.69) is 0 Å². The Labute approximate surface area is 172 Å². The molecule has 1 aliphatic heterocycles. The van der Waals surface area contributed by atoms with Gasteiger partial charge in [0.25, 0.3) is 0 Å². The number of halogens is 3. The molecule has 1 atom stereocenters. The van der Waals surface area contributed by atoms with E-state index in [1.165, 1.54) is 0 Å². The van der Waals surface area contributed by atoms with Gasteiger partial charge in [0.1, 0.15) is 0 Å². The maximum atomic E-state index is 13.1. The van der Waals surface area contributed by atoms with Gasteiger partial charge in [0, 0.05) is 35.1 Å². The summed E-state index contributed by atoms with van der Waals surface area (Å²) in [5.41, 5.74) is 3.02. The molecule has 2 aromatic carbocycles. The topological polar surface area (TPSA) is 37.4 Å². The first-order valence-electron chi connectivity index (χ1n) is 8.75. The van der Waals surface area contributed by atoms with Crippen LogP contribution in [0, 0.1) is 0 Å². The number of anilines is 1. The van der Waals surface area contributed by atoms with Gasteiger partial charge in [0.05, 0.1) is 15.7 Å². The SMILES string of the molecule is O=C1CCCC2=C1C(c1cccc(Cl)c1)CC(=O)N2c1ccc(Cl)c(Cl)c1. The first-order valence-corrected chi connectivity index (χ1v) is 9.89. The highest BCUT2D eigenvalue weighted by atomic mass is 35.5. The molecule has 27 heavy (non-hydrogen) atoms. The lowest BCUT2D eigenvalue weighted by Gasteiger charge is -2.38. The minimum absolute atomic E-state index is 0.0631. The van der Waals surface area contributed by atoms with Crippen LogP contribution in [-0.2, 0) is 9.59 Å². The number of nitrogens with zero attached hydrogens (tertiary/aromatic N) is 1. The van der Waals surface area contributed by atoms with Crippen LogP contribution in [0.15, 0.2) is 53.7 Å². The number of carbonyl (C=O) groups excluding carboxylic acids is 2. The molecule has 2 aliphatic rings. The number of hydrogen-bond donors (Lipinski definition) is 0. The minimum atomic E-state index is -0.266. The Hall–Kier alpha value is -1.81. The van der Waals surface area contributed by atoms with E-state index in [-0.39, 0.29) is 24.0 Å². The quantitative estimate of drug-likeness (QED) is 0.582. The molecule has 0 fully saturated rings. The molecule has 1 unspecified atom stereocenters. The summed E-state index contributed by atoms with van der Waals surface area (Å²) in [7, 11) is 0. The van der Waals surface area contributed by atoms with E-state index in [4.69, 9.17) is 34.8 Å². The summed E-state index contributed by atoms with van der Waals surface area (Å²) in [5, 5.41) is 1.40. The maximum absolute atomic E-state index is 13.1. The second-order valence-electron chi connectivity index (χ2n) is 6.78. The molecule has 6 heteroatoms. The summed E-state index contributed by atoms with van der Waals surface area (Å²) < 4.78 is 0. The first kappa shape index (κ1) is 18.5. The van der Waals surface area contributed by atoms with Crippen LogP contribution in [-0.4, -0.2) is 11.7 Å². The lowest BCUT2D eigenvalue weighted by atomic mass is 9.77. The second-order valence-corrected chi connectivity index (χ2v) is 8.03. The Morgan fingerprint density at radius 1 is 0.926 bits per heavy atom. The van der Waals surface area contributed by atoms with Crippen molar-refractivity contribution in [1.82, 2.24) is 0 Å². The summed E-state index contributed by atoms with van der Waals surface area (Å²) >= 11 is 18.3. The van der Waals surface area contributed by atoms with E-state index in [0.29, 0.717) is 39.2 Å². The van der Waals surface area contributed by atoms with Crippen LogP contribution >= 0.6 is 34.8 Å². The molecule has 3 nitrogen and oxygen atoms in total. The van der Waals surface area contributed by atoms with E-state index in [1.807, 2.05) is 18.2 Å². The molecule has 0 saturated carbocycles. The third-order valence-electron chi connectivity index (χ3n) is 5.09. The van der Waals surface area contributed by atoms with Gasteiger partial charge in [-0.2, -0.15) is 0 Å². The molecular weight excluding hydrogens is 405 g/mol. The lowest BCUT2D eigenvalue weighted by molar-refractivity contribution is -0.119. The number of hydrogen-bond acceptors (Lipinski definition) is 2. The summed E-state index contributed by atoms with van der Waals surface area (Å²) in [5.74, 6) is -0.233. The monoisotopic (exact) mass is 419 g/mol. The van der Waals surface area contributed by atoms with Gasteiger partial charge < -0.3 is 0 Å². The normalized spacial score (nSPS) is 20.1. The molecule has 1 amide bonds. The molecule has 0 aromatic heterocycles. The van der Waals surface area contributed by atoms with Crippen molar-refractivity contribution < 1.29 is 9.59 Å².